The smallest absolute Gasteiger partial charge is 0.246 e. The van der Waals surface area contributed by atoms with Gasteiger partial charge in [-0.15, -0.1) is 0 Å². The average Bonchev–Trinajstić information content (AvgIpc) is 2.75. The number of carbonyl (C=O) groups excluding carboxylic acids is 1. The van der Waals surface area contributed by atoms with E-state index in [1.165, 1.54) is 6.08 Å². The third-order valence-electron chi connectivity index (χ3n) is 5.56. The van der Waals surface area contributed by atoms with Gasteiger partial charge in [0.05, 0.1) is 0 Å². The van der Waals surface area contributed by atoms with Gasteiger partial charge < -0.3 is 9.64 Å². The molecular weight excluding hydrogens is 379 g/mol. The Morgan fingerprint density at radius 1 is 1.23 bits per heavy atom. The molecule has 30 heavy (non-hydrogen) atoms. The predicted molar refractivity (Wildman–Crippen MR) is 119 cm³/mol. The molecule has 5 heteroatoms. The second-order valence-electron chi connectivity index (χ2n) is 7.73. The van der Waals surface area contributed by atoms with E-state index in [9.17, 15) is 9.18 Å². The first-order chi connectivity index (χ1) is 14.4. The van der Waals surface area contributed by atoms with Gasteiger partial charge in [-0.3, -0.25) is 9.69 Å². The van der Waals surface area contributed by atoms with E-state index in [2.05, 4.69) is 18.1 Å². The lowest BCUT2D eigenvalue weighted by Crippen LogP contribution is -2.54. The summed E-state index contributed by atoms with van der Waals surface area (Å²) in [7, 11) is 0. The lowest BCUT2D eigenvalue weighted by atomic mass is 10.0. The van der Waals surface area contributed by atoms with Crippen LogP contribution in [0.4, 0.5) is 4.39 Å². The van der Waals surface area contributed by atoms with Crippen LogP contribution in [0.15, 0.2) is 61.7 Å². The zero-order valence-electron chi connectivity index (χ0n) is 17.7. The molecule has 0 spiro atoms. The van der Waals surface area contributed by atoms with Gasteiger partial charge in [-0.2, -0.15) is 0 Å². The molecule has 1 aliphatic rings. The summed E-state index contributed by atoms with van der Waals surface area (Å²) in [5.41, 5.74) is 2.42. The lowest BCUT2D eigenvalue weighted by molar-refractivity contribution is -0.130. The van der Waals surface area contributed by atoms with Gasteiger partial charge in [-0.25, -0.2) is 4.39 Å². The summed E-state index contributed by atoms with van der Waals surface area (Å²) in [6.07, 6.45) is 2.81. The van der Waals surface area contributed by atoms with E-state index in [0.29, 0.717) is 18.7 Å². The van der Waals surface area contributed by atoms with E-state index >= 15 is 0 Å². The van der Waals surface area contributed by atoms with Gasteiger partial charge >= 0.3 is 0 Å². The van der Waals surface area contributed by atoms with E-state index in [-0.39, 0.29) is 23.9 Å². The largest absolute Gasteiger partial charge is 0.484 e. The Balaban J connectivity index is 1.78. The van der Waals surface area contributed by atoms with Gasteiger partial charge in [0.15, 0.2) is 0 Å². The molecule has 1 aliphatic heterocycles. The van der Waals surface area contributed by atoms with Crippen LogP contribution in [0, 0.1) is 12.7 Å². The van der Waals surface area contributed by atoms with Crippen molar-refractivity contribution in [2.75, 3.05) is 26.2 Å². The van der Waals surface area contributed by atoms with Gasteiger partial charge in [0.25, 0.3) is 0 Å². The summed E-state index contributed by atoms with van der Waals surface area (Å²) in [4.78, 5) is 16.1. The quantitative estimate of drug-likeness (QED) is 0.627. The molecule has 158 valence electrons. The van der Waals surface area contributed by atoms with Crippen molar-refractivity contribution in [1.82, 2.24) is 9.80 Å². The number of halogens is 1. The summed E-state index contributed by atoms with van der Waals surface area (Å²) in [6.45, 7) is 13.8. The lowest BCUT2D eigenvalue weighted by Gasteiger charge is -2.40. The number of rotatable bonds is 7. The highest BCUT2D eigenvalue weighted by Crippen LogP contribution is 2.26. The molecule has 1 saturated heterocycles. The van der Waals surface area contributed by atoms with E-state index in [1.807, 2.05) is 42.2 Å². The number of carbonyl (C=O) groups is 1. The Kier molecular flexibility index (Phi) is 7.06. The molecule has 0 bridgehead atoms. The van der Waals surface area contributed by atoms with Gasteiger partial charge in [-0.05, 0) is 54.8 Å². The van der Waals surface area contributed by atoms with Crippen molar-refractivity contribution < 1.29 is 13.9 Å². The van der Waals surface area contributed by atoms with E-state index in [4.69, 9.17) is 4.74 Å². The monoisotopic (exact) mass is 408 g/mol. The maximum absolute atomic E-state index is 14.3. The Morgan fingerprint density at radius 3 is 2.57 bits per heavy atom. The summed E-state index contributed by atoms with van der Waals surface area (Å²) in [5, 5.41) is 0. The minimum Gasteiger partial charge on any atom is -0.484 e. The number of hydrogen-bond acceptors (Lipinski definition) is 3. The molecule has 0 aromatic heterocycles. The first kappa shape index (κ1) is 21.8. The molecule has 3 rings (SSSR count). The normalized spacial score (nSPS) is 18.0. The molecule has 1 fully saturated rings. The minimum absolute atomic E-state index is 0.0436. The number of piperazine rings is 1. The maximum Gasteiger partial charge on any atom is 0.246 e. The van der Waals surface area contributed by atoms with Crippen LogP contribution < -0.4 is 4.74 Å². The zero-order valence-corrected chi connectivity index (χ0v) is 17.7. The van der Waals surface area contributed by atoms with Crippen molar-refractivity contribution in [3.05, 3.63) is 84.2 Å². The molecule has 0 saturated carbocycles. The Bertz CT molecular complexity index is 910. The highest BCUT2D eigenvalue weighted by molar-refractivity contribution is 5.87. The number of benzene rings is 2. The van der Waals surface area contributed by atoms with E-state index < -0.39 is 0 Å². The van der Waals surface area contributed by atoms with Crippen molar-refractivity contribution in [1.29, 1.82) is 0 Å². The Labute approximate surface area is 178 Å². The fourth-order valence-electron chi connectivity index (χ4n) is 3.74. The van der Waals surface area contributed by atoms with Crippen molar-refractivity contribution in [3.8, 4) is 5.75 Å². The predicted octanol–water partition coefficient (Wildman–Crippen LogP) is 4.62. The number of amides is 1. The van der Waals surface area contributed by atoms with E-state index in [0.717, 1.165) is 30.0 Å². The molecule has 1 heterocycles. The van der Waals surface area contributed by atoms with Crippen molar-refractivity contribution >= 4 is 12.0 Å². The van der Waals surface area contributed by atoms with Crippen molar-refractivity contribution in [3.63, 3.8) is 0 Å². The molecule has 0 radical (unpaired) electrons. The highest BCUT2D eigenvalue weighted by Gasteiger charge is 2.28. The molecule has 0 N–H and O–H groups in total. The van der Waals surface area contributed by atoms with Gasteiger partial charge in [-0.1, -0.05) is 43.5 Å². The van der Waals surface area contributed by atoms with Crippen LogP contribution >= 0.6 is 0 Å². The van der Waals surface area contributed by atoms with Gasteiger partial charge in [0.2, 0.25) is 5.91 Å². The topological polar surface area (TPSA) is 32.8 Å². The average molecular weight is 409 g/mol. The molecule has 1 amide bonds. The summed E-state index contributed by atoms with van der Waals surface area (Å²) >= 11 is 0. The number of hydrogen-bond donors (Lipinski definition) is 0. The van der Waals surface area contributed by atoms with Crippen LogP contribution in [0.1, 0.15) is 29.7 Å². The number of ether oxygens (including phenoxy) is 1. The standard InChI is InChI=1S/C25H29FN2O2/c1-5-20-8-11-22(12-9-20)30-24(21-10-7-18(3)23(26)15-21)17-27-13-14-28(19(4)16-27)25(29)6-2/h5-12,15,19,24H,1-2,13-14,16-17H2,3-4H3/t19-,24?/m1/s1. The molecular formula is C25H29FN2O2. The molecule has 2 aromatic rings. The number of nitrogens with zero attached hydrogens (tertiary/aromatic N) is 2. The summed E-state index contributed by atoms with van der Waals surface area (Å²) in [6, 6.07) is 13.0. The fraction of sp³-hybridized carbons (Fsp3) is 0.320. The van der Waals surface area contributed by atoms with Gasteiger partial charge in [0, 0.05) is 32.2 Å². The summed E-state index contributed by atoms with van der Waals surface area (Å²) < 4.78 is 20.6. The minimum atomic E-state index is -0.330. The first-order valence-electron chi connectivity index (χ1n) is 10.2. The molecule has 0 aliphatic carbocycles. The van der Waals surface area contributed by atoms with Crippen molar-refractivity contribution in [2.24, 2.45) is 0 Å². The molecule has 2 aromatic carbocycles. The highest BCUT2D eigenvalue weighted by atomic mass is 19.1. The molecule has 1 unspecified atom stereocenters. The number of aryl methyl sites for hydroxylation is 1. The maximum atomic E-state index is 14.3. The third kappa shape index (κ3) is 5.16. The Hall–Kier alpha value is -2.92. The van der Waals surface area contributed by atoms with Crippen LogP contribution in [0.5, 0.6) is 5.75 Å². The van der Waals surface area contributed by atoms with Crippen LogP contribution in [0.25, 0.3) is 6.08 Å². The molecule has 4 nitrogen and oxygen atoms in total. The van der Waals surface area contributed by atoms with E-state index in [1.54, 1.807) is 25.1 Å². The second-order valence-corrected chi connectivity index (χ2v) is 7.73. The zero-order chi connectivity index (χ0) is 21.7. The van der Waals surface area contributed by atoms with Crippen LogP contribution in [-0.2, 0) is 4.79 Å². The second kappa shape index (κ2) is 9.72. The SMILES string of the molecule is C=CC(=O)N1CCN(CC(Oc2ccc(C=C)cc2)c2ccc(C)c(F)c2)C[C@H]1C. The first-order valence-corrected chi connectivity index (χ1v) is 10.2. The summed E-state index contributed by atoms with van der Waals surface area (Å²) in [5.74, 6) is 0.441. The van der Waals surface area contributed by atoms with Crippen LogP contribution in [0.2, 0.25) is 0 Å². The van der Waals surface area contributed by atoms with Crippen molar-refractivity contribution in [2.45, 2.75) is 26.0 Å². The molecule has 2 atom stereocenters. The van der Waals surface area contributed by atoms with Gasteiger partial charge in [0.1, 0.15) is 17.7 Å². The Morgan fingerprint density at radius 2 is 1.97 bits per heavy atom. The third-order valence-corrected chi connectivity index (χ3v) is 5.56. The fourth-order valence-corrected chi connectivity index (χ4v) is 3.74. The van der Waals surface area contributed by atoms with Crippen LogP contribution in [-0.4, -0.2) is 47.9 Å². The van der Waals surface area contributed by atoms with Crippen LogP contribution in [0.3, 0.4) is 0 Å².